The van der Waals surface area contributed by atoms with Gasteiger partial charge in [-0.1, -0.05) is 0 Å². The molecule has 0 aliphatic heterocycles. The Hall–Kier alpha value is -1.68. The van der Waals surface area contributed by atoms with Gasteiger partial charge in [-0.25, -0.2) is 0 Å². The molecule has 1 aliphatic carbocycles. The van der Waals surface area contributed by atoms with Crippen molar-refractivity contribution in [2.24, 2.45) is 0 Å². The number of carbonyl (C=O) groups is 1. The Bertz CT molecular complexity index is 595. The van der Waals surface area contributed by atoms with Crippen LogP contribution in [0.15, 0.2) is 24.5 Å². The average Bonchev–Trinajstić information content (AvgIpc) is 2.90. The van der Waals surface area contributed by atoms with E-state index in [0.29, 0.717) is 11.3 Å². The zero-order valence-electron chi connectivity index (χ0n) is 10.8. The summed E-state index contributed by atoms with van der Waals surface area (Å²) >= 11 is 1.63. The van der Waals surface area contributed by atoms with E-state index in [4.69, 9.17) is 4.74 Å². The van der Waals surface area contributed by atoms with Crippen LogP contribution in [0.3, 0.4) is 0 Å². The van der Waals surface area contributed by atoms with Crippen LogP contribution < -0.4 is 4.74 Å². The molecule has 0 saturated heterocycles. The Kier molecular flexibility index (Phi) is 3.34. The lowest BCUT2D eigenvalue weighted by Gasteiger charge is -2.08. The van der Waals surface area contributed by atoms with Crippen molar-refractivity contribution in [3.63, 3.8) is 0 Å². The van der Waals surface area contributed by atoms with Crippen LogP contribution in [0.1, 0.15) is 38.5 Å². The van der Waals surface area contributed by atoms with Crippen molar-refractivity contribution in [1.82, 2.24) is 4.98 Å². The topological polar surface area (TPSA) is 39.2 Å². The number of rotatable bonds is 3. The molecule has 0 atom stereocenters. The Morgan fingerprint density at radius 2 is 2.11 bits per heavy atom. The molecule has 4 heteroatoms. The second-order valence-corrected chi connectivity index (χ2v) is 5.85. The fraction of sp³-hybridized carbons (Fsp3) is 0.333. The summed E-state index contributed by atoms with van der Waals surface area (Å²) in [5, 5.41) is 0. The third-order valence-electron chi connectivity index (χ3n) is 3.43. The highest BCUT2D eigenvalue weighted by Gasteiger charge is 2.18. The van der Waals surface area contributed by atoms with Crippen LogP contribution in [-0.2, 0) is 12.8 Å². The van der Waals surface area contributed by atoms with E-state index in [1.807, 2.05) is 0 Å². The highest BCUT2D eigenvalue weighted by atomic mass is 32.1. The van der Waals surface area contributed by atoms with Crippen LogP contribution in [0.25, 0.3) is 0 Å². The first-order chi connectivity index (χ1) is 9.28. The summed E-state index contributed by atoms with van der Waals surface area (Å²) in [6, 6.07) is 3.80. The summed E-state index contributed by atoms with van der Waals surface area (Å²) in [4.78, 5) is 18.7. The summed E-state index contributed by atoms with van der Waals surface area (Å²) in [5.74, 6) is 0.665. The molecule has 0 fully saturated rings. The molecule has 0 N–H and O–H groups in total. The molecule has 0 aromatic carbocycles. The highest BCUT2D eigenvalue weighted by Crippen LogP contribution is 2.31. The van der Waals surface area contributed by atoms with E-state index >= 15 is 0 Å². The molecule has 2 heterocycles. The lowest BCUT2D eigenvalue weighted by Crippen LogP contribution is -2.00. The predicted octanol–water partition coefficient (Wildman–Crippen LogP) is 3.26. The van der Waals surface area contributed by atoms with Crippen molar-refractivity contribution in [1.29, 1.82) is 0 Å². The number of aromatic nitrogens is 1. The highest BCUT2D eigenvalue weighted by molar-refractivity contribution is 7.14. The first-order valence-corrected chi connectivity index (χ1v) is 7.25. The summed E-state index contributed by atoms with van der Waals surface area (Å²) in [7, 11) is 1.58. The largest absolute Gasteiger partial charge is 0.495 e. The number of hydrogen-bond acceptors (Lipinski definition) is 4. The van der Waals surface area contributed by atoms with Crippen molar-refractivity contribution in [2.45, 2.75) is 25.7 Å². The molecule has 19 heavy (non-hydrogen) atoms. The maximum atomic E-state index is 12.4. The number of pyridine rings is 1. The standard InChI is InChI=1S/C15H15NO2S/c1-18-12-6-11(8-16-9-12)15(17)14-7-10-4-2-3-5-13(10)19-14/h6-9H,2-5H2,1H3. The van der Waals surface area contributed by atoms with Gasteiger partial charge in [0.05, 0.1) is 18.2 Å². The fourth-order valence-electron chi connectivity index (χ4n) is 2.40. The number of thiophene rings is 1. The van der Waals surface area contributed by atoms with Gasteiger partial charge in [-0.05, 0) is 43.4 Å². The number of fused-ring (bicyclic) bond motifs is 1. The molecule has 3 rings (SSSR count). The van der Waals surface area contributed by atoms with E-state index in [1.165, 1.54) is 23.3 Å². The monoisotopic (exact) mass is 273 g/mol. The predicted molar refractivity (Wildman–Crippen MR) is 75.2 cm³/mol. The second-order valence-electron chi connectivity index (χ2n) is 4.71. The molecule has 1 aliphatic rings. The number of ketones is 1. The maximum absolute atomic E-state index is 12.4. The first-order valence-electron chi connectivity index (χ1n) is 6.43. The van der Waals surface area contributed by atoms with Crippen molar-refractivity contribution in [3.8, 4) is 5.75 Å². The molecule has 0 spiro atoms. The molecule has 2 aromatic heterocycles. The van der Waals surface area contributed by atoms with Crippen LogP contribution in [0.5, 0.6) is 5.75 Å². The van der Waals surface area contributed by atoms with Gasteiger partial charge in [0.15, 0.2) is 0 Å². The third-order valence-corrected chi connectivity index (χ3v) is 4.67. The lowest BCUT2D eigenvalue weighted by molar-refractivity contribution is 0.104. The summed E-state index contributed by atoms with van der Waals surface area (Å²) in [5.41, 5.74) is 1.95. The lowest BCUT2D eigenvalue weighted by atomic mass is 9.99. The van der Waals surface area contributed by atoms with E-state index in [9.17, 15) is 4.79 Å². The van der Waals surface area contributed by atoms with E-state index in [-0.39, 0.29) is 5.78 Å². The maximum Gasteiger partial charge on any atom is 0.204 e. The molecular formula is C15H15NO2S. The molecule has 2 aromatic rings. The SMILES string of the molecule is COc1cncc(C(=O)c2cc3c(s2)CCCC3)c1. The van der Waals surface area contributed by atoms with Crippen molar-refractivity contribution in [2.75, 3.05) is 7.11 Å². The van der Waals surface area contributed by atoms with Gasteiger partial charge in [-0.15, -0.1) is 11.3 Å². The Morgan fingerprint density at radius 1 is 1.26 bits per heavy atom. The minimum Gasteiger partial charge on any atom is -0.495 e. The Morgan fingerprint density at radius 3 is 2.89 bits per heavy atom. The van der Waals surface area contributed by atoms with Crippen LogP contribution >= 0.6 is 11.3 Å². The van der Waals surface area contributed by atoms with Gasteiger partial charge in [0, 0.05) is 16.6 Å². The van der Waals surface area contributed by atoms with Crippen LogP contribution in [0.2, 0.25) is 0 Å². The minimum absolute atomic E-state index is 0.0470. The summed E-state index contributed by atoms with van der Waals surface area (Å²) in [6.45, 7) is 0. The van der Waals surface area contributed by atoms with Crippen LogP contribution in [0.4, 0.5) is 0 Å². The molecule has 0 amide bonds. The van der Waals surface area contributed by atoms with Gasteiger partial charge in [0.25, 0.3) is 0 Å². The van der Waals surface area contributed by atoms with Crippen molar-refractivity contribution < 1.29 is 9.53 Å². The van der Waals surface area contributed by atoms with E-state index < -0.39 is 0 Å². The van der Waals surface area contributed by atoms with E-state index in [1.54, 1.807) is 36.9 Å². The number of ether oxygens (including phenoxy) is 1. The smallest absolute Gasteiger partial charge is 0.204 e. The van der Waals surface area contributed by atoms with E-state index in [2.05, 4.69) is 11.1 Å². The third kappa shape index (κ3) is 2.40. The number of carbonyl (C=O) groups excluding carboxylic acids is 1. The van der Waals surface area contributed by atoms with Crippen molar-refractivity contribution in [3.05, 3.63) is 45.4 Å². The molecule has 3 nitrogen and oxygen atoms in total. The summed E-state index contributed by atoms with van der Waals surface area (Å²) in [6.07, 6.45) is 7.90. The van der Waals surface area contributed by atoms with Gasteiger partial charge in [-0.3, -0.25) is 9.78 Å². The van der Waals surface area contributed by atoms with Gasteiger partial charge < -0.3 is 4.74 Å². The minimum atomic E-state index is 0.0470. The van der Waals surface area contributed by atoms with Crippen LogP contribution in [0, 0.1) is 0 Å². The molecule has 0 saturated carbocycles. The number of aryl methyl sites for hydroxylation is 2. The quantitative estimate of drug-likeness (QED) is 0.806. The normalized spacial score (nSPS) is 13.9. The average molecular weight is 273 g/mol. The molecule has 98 valence electrons. The van der Waals surface area contributed by atoms with Crippen molar-refractivity contribution >= 4 is 17.1 Å². The van der Waals surface area contributed by atoms with Crippen LogP contribution in [-0.4, -0.2) is 17.9 Å². The molecule has 0 radical (unpaired) electrons. The Balaban J connectivity index is 1.92. The number of methoxy groups -OCH3 is 1. The van der Waals surface area contributed by atoms with Gasteiger partial charge in [0.2, 0.25) is 5.78 Å². The second kappa shape index (κ2) is 5.13. The molecule has 0 unspecified atom stereocenters. The number of nitrogens with zero attached hydrogens (tertiary/aromatic N) is 1. The zero-order chi connectivity index (χ0) is 13.2. The van der Waals surface area contributed by atoms with Gasteiger partial charge >= 0.3 is 0 Å². The first kappa shape index (κ1) is 12.4. The zero-order valence-corrected chi connectivity index (χ0v) is 11.6. The molecule has 0 bridgehead atoms. The Labute approximate surface area is 116 Å². The molecular weight excluding hydrogens is 258 g/mol. The van der Waals surface area contributed by atoms with Gasteiger partial charge in [0.1, 0.15) is 5.75 Å². The van der Waals surface area contributed by atoms with E-state index in [0.717, 1.165) is 17.7 Å². The fourth-order valence-corrected chi connectivity index (χ4v) is 3.62. The summed E-state index contributed by atoms with van der Waals surface area (Å²) < 4.78 is 5.11. The number of hydrogen-bond donors (Lipinski definition) is 0. The van der Waals surface area contributed by atoms with Gasteiger partial charge in [-0.2, -0.15) is 0 Å².